The molecule has 2 aliphatic carbocycles. The normalized spacial score (nSPS) is 31.4. The minimum Gasteiger partial charge on any atom is -0.466 e. The molecule has 2 aromatic rings. The molecule has 0 bridgehead atoms. The molecule has 0 radical (unpaired) electrons. The molecule has 0 amide bonds. The standard InChI is InChI=1S/C23H24O3S/c1-2-26-20(25)14-16-11-13-22-12-5-8-19(24)23(16,22)27-18-10-9-15-6-3-4-7-17(15)21(18)22/h3-4,6-7,9-10,16H,2,5,8,11-14H2,1H3/t16-,22-,23+/m0/s1. The van der Waals surface area contributed by atoms with Crippen LogP contribution >= 0.6 is 11.8 Å². The molecule has 1 heterocycles. The van der Waals surface area contributed by atoms with Gasteiger partial charge in [0.15, 0.2) is 0 Å². The molecular weight excluding hydrogens is 356 g/mol. The average molecular weight is 381 g/mol. The van der Waals surface area contributed by atoms with Crippen LogP contribution in [0.25, 0.3) is 10.8 Å². The van der Waals surface area contributed by atoms with Crippen molar-refractivity contribution in [3.63, 3.8) is 0 Å². The second-order valence-electron chi connectivity index (χ2n) is 8.10. The van der Waals surface area contributed by atoms with Gasteiger partial charge < -0.3 is 4.74 Å². The largest absolute Gasteiger partial charge is 0.466 e. The van der Waals surface area contributed by atoms with Crippen molar-refractivity contribution in [2.45, 2.75) is 60.5 Å². The van der Waals surface area contributed by atoms with Crippen LogP contribution in [0.15, 0.2) is 41.3 Å². The summed E-state index contributed by atoms with van der Waals surface area (Å²) in [5.74, 6) is 0.263. The van der Waals surface area contributed by atoms with Crippen LogP contribution in [0.2, 0.25) is 0 Å². The van der Waals surface area contributed by atoms with Crippen LogP contribution in [0.3, 0.4) is 0 Å². The van der Waals surface area contributed by atoms with Gasteiger partial charge in [0.25, 0.3) is 0 Å². The Morgan fingerprint density at radius 3 is 2.93 bits per heavy atom. The molecular formula is C23H24O3S. The summed E-state index contributed by atoms with van der Waals surface area (Å²) in [4.78, 5) is 27.0. The number of hydrogen-bond donors (Lipinski definition) is 0. The fourth-order valence-corrected chi connectivity index (χ4v) is 8.06. The molecule has 2 aromatic carbocycles. The lowest BCUT2D eigenvalue weighted by molar-refractivity contribution is -0.144. The third kappa shape index (κ3) is 2.16. The minimum atomic E-state index is -0.482. The fraction of sp³-hybridized carbons (Fsp3) is 0.478. The molecule has 0 aromatic heterocycles. The van der Waals surface area contributed by atoms with Gasteiger partial charge in [-0.2, -0.15) is 0 Å². The van der Waals surface area contributed by atoms with Gasteiger partial charge in [-0.05, 0) is 60.9 Å². The number of rotatable bonds is 3. The number of hydrogen-bond acceptors (Lipinski definition) is 4. The van der Waals surface area contributed by atoms with Gasteiger partial charge in [0.05, 0.1) is 17.8 Å². The SMILES string of the molecule is CCOC(=O)C[C@@H]1CC[C@]23CCCC(=O)[C@]12Sc1ccc2ccccc2c13. The summed E-state index contributed by atoms with van der Waals surface area (Å²) in [6, 6.07) is 12.9. The molecule has 2 saturated carbocycles. The summed E-state index contributed by atoms with van der Waals surface area (Å²) in [5, 5.41) is 2.53. The summed E-state index contributed by atoms with van der Waals surface area (Å²) in [5.41, 5.74) is 1.25. The highest BCUT2D eigenvalue weighted by Crippen LogP contribution is 2.72. The Labute approximate surface area is 163 Å². The van der Waals surface area contributed by atoms with Gasteiger partial charge >= 0.3 is 5.97 Å². The number of carbonyl (C=O) groups excluding carboxylic acids is 2. The second kappa shape index (κ2) is 6.10. The van der Waals surface area contributed by atoms with Crippen molar-refractivity contribution < 1.29 is 14.3 Å². The molecule has 4 heteroatoms. The number of ether oxygens (including phenoxy) is 1. The van der Waals surface area contributed by atoms with Crippen LogP contribution < -0.4 is 0 Å². The predicted molar refractivity (Wildman–Crippen MR) is 107 cm³/mol. The van der Waals surface area contributed by atoms with Crippen molar-refractivity contribution in [2.75, 3.05) is 6.61 Å². The number of esters is 1. The number of Topliss-reactive ketones (excluding diaryl/α,β-unsaturated/α-hetero) is 1. The zero-order valence-electron chi connectivity index (χ0n) is 15.6. The van der Waals surface area contributed by atoms with E-state index in [2.05, 4.69) is 36.4 Å². The Morgan fingerprint density at radius 2 is 2.07 bits per heavy atom. The van der Waals surface area contributed by atoms with Crippen molar-refractivity contribution in [2.24, 2.45) is 5.92 Å². The molecule has 3 atom stereocenters. The molecule has 3 aliphatic rings. The van der Waals surface area contributed by atoms with Crippen molar-refractivity contribution in [1.29, 1.82) is 0 Å². The van der Waals surface area contributed by atoms with Crippen molar-refractivity contribution in [3.8, 4) is 0 Å². The molecule has 27 heavy (non-hydrogen) atoms. The summed E-state index contributed by atoms with van der Waals surface area (Å²) >= 11 is 1.76. The zero-order chi connectivity index (χ0) is 18.6. The van der Waals surface area contributed by atoms with E-state index in [1.165, 1.54) is 21.2 Å². The van der Waals surface area contributed by atoms with E-state index in [1.54, 1.807) is 11.8 Å². The first-order valence-corrected chi connectivity index (χ1v) is 10.8. The second-order valence-corrected chi connectivity index (χ2v) is 9.39. The maximum absolute atomic E-state index is 13.5. The molecule has 2 fully saturated rings. The molecule has 0 saturated heterocycles. The smallest absolute Gasteiger partial charge is 0.306 e. The van der Waals surface area contributed by atoms with Crippen molar-refractivity contribution in [3.05, 3.63) is 42.0 Å². The summed E-state index contributed by atoms with van der Waals surface area (Å²) < 4.78 is 4.77. The number of benzene rings is 2. The Bertz CT molecular complexity index is 952. The average Bonchev–Trinajstić information content (AvgIpc) is 3.14. The van der Waals surface area contributed by atoms with Gasteiger partial charge in [0.1, 0.15) is 5.78 Å². The van der Waals surface area contributed by atoms with Crippen molar-refractivity contribution in [1.82, 2.24) is 0 Å². The van der Waals surface area contributed by atoms with Gasteiger partial charge in [-0.15, -0.1) is 11.8 Å². The first kappa shape index (κ1) is 17.3. The quantitative estimate of drug-likeness (QED) is 0.700. The van der Waals surface area contributed by atoms with Crippen LogP contribution in [-0.2, 0) is 19.7 Å². The first-order valence-electron chi connectivity index (χ1n) is 10.0. The number of carbonyl (C=O) groups is 2. The molecule has 3 nitrogen and oxygen atoms in total. The van der Waals surface area contributed by atoms with Gasteiger partial charge in [-0.3, -0.25) is 9.59 Å². The highest BCUT2D eigenvalue weighted by Gasteiger charge is 2.70. The van der Waals surface area contributed by atoms with Crippen molar-refractivity contribution >= 4 is 34.3 Å². The molecule has 0 unspecified atom stereocenters. The molecule has 140 valence electrons. The van der Waals surface area contributed by atoms with Crippen LogP contribution in [-0.4, -0.2) is 23.1 Å². The molecule has 5 rings (SSSR count). The van der Waals surface area contributed by atoms with E-state index < -0.39 is 4.75 Å². The van der Waals surface area contributed by atoms with Crippen LogP contribution in [0.5, 0.6) is 0 Å². The zero-order valence-corrected chi connectivity index (χ0v) is 16.4. The summed E-state index contributed by atoms with van der Waals surface area (Å²) in [6.45, 7) is 2.24. The Kier molecular flexibility index (Phi) is 3.91. The monoisotopic (exact) mass is 380 g/mol. The van der Waals surface area contributed by atoms with Crippen LogP contribution in [0.4, 0.5) is 0 Å². The minimum absolute atomic E-state index is 0.0699. The number of thioether (sulfide) groups is 1. The van der Waals surface area contributed by atoms with Crippen LogP contribution in [0.1, 0.15) is 51.0 Å². The fourth-order valence-electron chi connectivity index (χ4n) is 6.09. The Hall–Kier alpha value is -1.81. The number of fused-ring (bicyclic) bond motifs is 3. The topological polar surface area (TPSA) is 43.4 Å². The van der Waals surface area contributed by atoms with E-state index in [0.717, 1.165) is 25.7 Å². The third-order valence-corrected chi connectivity index (χ3v) is 8.82. The summed E-state index contributed by atoms with van der Waals surface area (Å²) in [7, 11) is 0. The van der Waals surface area contributed by atoms with Crippen LogP contribution in [0, 0.1) is 5.92 Å². The Balaban J connectivity index is 1.69. The van der Waals surface area contributed by atoms with E-state index in [9.17, 15) is 9.59 Å². The van der Waals surface area contributed by atoms with Gasteiger partial charge in [-0.25, -0.2) is 0 Å². The predicted octanol–water partition coefficient (Wildman–Crippen LogP) is 5.04. The van der Waals surface area contributed by atoms with Gasteiger partial charge in [0, 0.05) is 16.7 Å². The lowest BCUT2D eigenvalue weighted by Crippen LogP contribution is -2.54. The number of ketones is 1. The third-order valence-electron chi connectivity index (χ3n) is 6.99. The van der Waals surface area contributed by atoms with Gasteiger partial charge in [-0.1, -0.05) is 30.3 Å². The van der Waals surface area contributed by atoms with E-state index in [4.69, 9.17) is 4.74 Å². The van der Waals surface area contributed by atoms with E-state index in [0.29, 0.717) is 25.2 Å². The first-order chi connectivity index (χ1) is 13.1. The van der Waals surface area contributed by atoms with E-state index >= 15 is 0 Å². The highest BCUT2D eigenvalue weighted by molar-refractivity contribution is 8.02. The molecule has 0 N–H and O–H groups in total. The Morgan fingerprint density at radius 1 is 1.22 bits per heavy atom. The lowest BCUT2D eigenvalue weighted by atomic mass is 9.61. The van der Waals surface area contributed by atoms with E-state index in [1.807, 2.05) is 6.92 Å². The highest BCUT2D eigenvalue weighted by atomic mass is 32.2. The van der Waals surface area contributed by atoms with E-state index in [-0.39, 0.29) is 17.3 Å². The maximum atomic E-state index is 13.5. The lowest BCUT2D eigenvalue weighted by Gasteiger charge is -2.46. The molecule has 0 spiro atoms. The summed E-state index contributed by atoms with van der Waals surface area (Å²) in [6.07, 6.45) is 4.93. The maximum Gasteiger partial charge on any atom is 0.306 e. The molecule has 1 aliphatic heterocycles. The van der Waals surface area contributed by atoms with Gasteiger partial charge in [0.2, 0.25) is 0 Å².